The Labute approximate surface area is 186 Å². The molecule has 0 aliphatic carbocycles. The first kappa shape index (κ1) is 28.4. The number of guanidine groups is 1. The number of aliphatic carboxylic acids is 1. The lowest BCUT2D eigenvalue weighted by molar-refractivity contribution is -0.143. The fraction of sp³-hybridized carbons (Fsp3) is 0.706. The minimum Gasteiger partial charge on any atom is -0.480 e. The van der Waals surface area contributed by atoms with Crippen LogP contribution < -0.4 is 33.2 Å². The molecular formula is C17H33N7O6S. The summed E-state index contributed by atoms with van der Waals surface area (Å²) in [5.74, 6) is -4.13. The molecule has 0 aromatic rings. The lowest BCUT2D eigenvalue weighted by Crippen LogP contribution is -2.59. The molecule has 0 radical (unpaired) electrons. The summed E-state index contributed by atoms with van der Waals surface area (Å²) in [4.78, 5) is 51.9. The molecule has 0 aromatic heterocycles. The number of aliphatic imine (C=N–C) groups is 1. The summed E-state index contributed by atoms with van der Waals surface area (Å²) in [5, 5.41) is 25.6. The van der Waals surface area contributed by atoms with E-state index >= 15 is 0 Å². The average molecular weight is 464 g/mol. The highest BCUT2D eigenvalue weighted by Crippen LogP contribution is 2.03. The second-order valence-corrected chi connectivity index (χ2v) is 7.48. The summed E-state index contributed by atoms with van der Waals surface area (Å²) in [7, 11) is 0. The lowest BCUT2D eigenvalue weighted by atomic mass is 10.0. The SMILES string of the molecule is CC(C)C(NC(=O)C(CS)NC(=O)C(CO)NC(=O)C(N)CCCN=C(N)N)C(=O)O. The van der Waals surface area contributed by atoms with E-state index < -0.39 is 60.4 Å². The Morgan fingerprint density at radius 3 is 2.00 bits per heavy atom. The third kappa shape index (κ3) is 10.8. The number of carboxylic acids is 1. The Kier molecular flexibility index (Phi) is 13.2. The molecule has 0 heterocycles. The van der Waals surface area contributed by atoms with Crippen molar-refractivity contribution < 1.29 is 29.4 Å². The van der Waals surface area contributed by atoms with Crippen LogP contribution in [0.4, 0.5) is 0 Å². The van der Waals surface area contributed by atoms with Crippen molar-refractivity contribution in [3.63, 3.8) is 0 Å². The van der Waals surface area contributed by atoms with Gasteiger partial charge in [-0.1, -0.05) is 13.8 Å². The van der Waals surface area contributed by atoms with Crippen molar-refractivity contribution in [1.29, 1.82) is 0 Å². The summed E-state index contributed by atoms with van der Waals surface area (Å²) in [6, 6.07) is -4.68. The first-order valence-electron chi connectivity index (χ1n) is 9.61. The topological polar surface area (TPSA) is 235 Å². The Morgan fingerprint density at radius 1 is 1.00 bits per heavy atom. The Hall–Kier alpha value is -2.58. The number of aliphatic hydroxyl groups excluding tert-OH is 1. The molecule has 14 heteroatoms. The molecule has 0 aliphatic rings. The smallest absolute Gasteiger partial charge is 0.326 e. The summed E-state index contributed by atoms with van der Waals surface area (Å²) >= 11 is 4.00. The number of nitrogens with one attached hydrogen (secondary N) is 3. The summed E-state index contributed by atoms with van der Waals surface area (Å²) < 4.78 is 0. The number of nitrogens with two attached hydrogens (primary N) is 3. The molecule has 0 fully saturated rings. The van der Waals surface area contributed by atoms with Crippen molar-refractivity contribution in [1.82, 2.24) is 16.0 Å². The molecule has 0 spiro atoms. The van der Waals surface area contributed by atoms with Crippen LogP contribution in [-0.4, -0.2) is 82.9 Å². The van der Waals surface area contributed by atoms with Crippen molar-refractivity contribution >= 4 is 42.3 Å². The molecular weight excluding hydrogens is 430 g/mol. The molecule has 31 heavy (non-hydrogen) atoms. The summed E-state index contributed by atoms with van der Waals surface area (Å²) in [6.07, 6.45) is 0.654. The average Bonchev–Trinajstić information content (AvgIpc) is 2.69. The van der Waals surface area contributed by atoms with Gasteiger partial charge >= 0.3 is 5.97 Å². The van der Waals surface area contributed by atoms with Crippen LogP contribution in [0.2, 0.25) is 0 Å². The first-order chi connectivity index (χ1) is 14.4. The molecule has 0 aromatic carbocycles. The predicted octanol–water partition coefficient (Wildman–Crippen LogP) is -3.52. The van der Waals surface area contributed by atoms with Crippen LogP contribution in [-0.2, 0) is 19.2 Å². The van der Waals surface area contributed by atoms with Crippen molar-refractivity contribution in [3.8, 4) is 0 Å². The molecule has 0 saturated carbocycles. The molecule has 0 rings (SSSR count). The van der Waals surface area contributed by atoms with Crippen molar-refractivity contribution in [2.45, 2.75) is 50.9 Å². The van der Waals surface area contributed by atoms with E-state index in [1.54, 1.807) is 13.8 Å². The summed E-state index contributed by atoms with van der Waals surface area (Å²) in [6.45, 7) is 2.76. The van der Waals surface area contributed by atoms with E-state index in [1.165, 1.54) is 0 Å². The Morgan fingerprint density at radius 2 is 1.55 bits per heavy atom. The second-order valence-electron chi connectivity index (χ2n) is 7.11. The predicted molar refractivity (Wildman–Crippen MR) is 117 cm³/mol. The van der Waals surface area contributed by atoms with Gasteiger partial charge in [-0.15, -0.1) is 0 Å². The van der Waals surface area contributed by atoms with Crippen LogP contribution in [0.3, 0.4) is 0 Å². The lowest BCUT2D eigenvalue weighted by Gasteiger charge is -2.24. The highest BCUT2D eigenvalue weighted by Gasteiger charge is 2.30. The maximum Gasteiger partial charge on any atom is 0.326 e. The molecule has 178 valence electrons. The van der Waals surface area contributed by atoms with E-state index in [0.717, 1.165) is 0 Å². The number of thiol groups is 1. The number of carbonyl (C=O) groups excluding carboxylic acids is 3. The van der Waals surface area contributed by atoms with Crippen LogP contribution in [0.5, 0.6) is 0 Å². The van der Waals surface area contributed by atoms with Gasteiger partial charge in [0.25, 0.3) is 0 Å². The second kappa shape index (κ2) is 14.4. The van der Waals surface area contributed by atoms with Gasteiger partial charge in [-0.3, -0.25) is 19.4 Å². The van der Waals surface area contributed by atoms with Gasteiger partial charge < -0.3 is 43.4 Å². The molecule has 4 unspecified atom stereocenters. The molecule has 13 nitrogen and oxygen atoms in total. The number of nitrogens with zero attached hydrogens (tertiary/aromatic N) is 1. The zero-order chi connectivity index (χ0) is 24.1. The Bertz CT molecular complexity index is 657. The zero-order valence-corrected chi connectivity index (χ0v) is 18.5. The number of hydrogen-bond acceptors (Lipinski definition) is 8. The van der Waals surface area contributed by atoms with E-state index in [4.69, 9.17) is 17.2 Å². The van der Waals surface area contributed by atoms with E-state index in [-0.39, 0.29) is 24.7 Å². The highest BCUT2D eigenvalue weighted by molar-refractivity contribution is 7.80. The monoisotopic (exact) mass is 463 g/mol. The van der Waals surface area contributed by atoms with Gasteiger partial charge in [-0.25, -0.2) is 4.79 Å². The Balaban J connectivity index is 4.87. The first-order valence-corrected chi connectivity index (χ1v) is 10.2. The number of carbonyl (C=O) groups is 4. The molecule has 0 bridgehead atoms. The third-order valence-corrected chi connectivity index (χ3v) is 4.53. The summed E-state index contributed by atoms with van der Waals surface area (Å²) in [5.41, 5.74) is 16.1. The van der Waals surface area contributed by atoms with Crippen LogP contribution >= 0.6 is 12.6 Å². The molecule has 3 amide bonds. The van der Waals surface area contributed by atoms with Gasteiger partial charge in [0.15, 0.2) is 5.96 Å². The number of aliphatic hydroxyl groups is 1. The van der Waals surface area contributed by atoms with E-state index in [0.29, 0.717) is 6.42 Å². The standard InChI is InChI=1S/C17H33N7O6S/c1-8(2)12(16(29)30)24-15(28)11(7-31)23-14(27)10(6-25)22-13(26)9(18)4-3-5-21-17(19)20/h8-12,25,31H,3-7,18H2,1-2H3,(H,22,26)(H,23,27)(H,24,28)(H,29,30)(H4,19,20,21). The molecule has 11 N–H and O–H groups in total. The number of rotatable bonds is 14. The largest absolute Gasteiger partial charge is 0.480 e. The normalized spacial score (nSPS) is 14.6. The third-order valence-electron chi connectivity index (χ3n) is 4.17. The number of amides is 3. The van der Waals surface area contributed by atoms with Crippen molar-refractivity contribution in [3.05, 3.63) is 0 Å². The van der Waals surface area contributed by atoms with Gasteiger partial charge in [0.05, 0.1) is 12.6 Å². The minimum absolute atomic E-state index is 0.0825. The van der Waals surface area contributed by atoms with Gasteiger partial charge in [-0.05, 0) is 18.8 Å². The number of hydrogen-bond donors (Lipinski definition) is 9. The van der Waals surface area contributed by atoms with E-state index in [9.17, 15) is 29.4 Å². The van der Waals surface area contributed by atoms with E-state index in [2.05, 4.69) is 33.6 Å². The van der Waals surface area contributed by atoms with Crippen molar-refractivity contribution in [2.75, 3.05) is 18.9 Å². The van der Waals surface area contributed by atoms with Gasteiger partial charge in [0, 0.05) is 12.3 Å². The fourth-order valence-corrected chi connectivity index (χ4v) is 2.61. The quantitative estimate of drug-likeness (QED) is 0.0536. The maximum absolute atomic E-state index is 12.4. The molecule has 4 atom stereocenters. The van der Waals surface area contributed by atoms with Crippen molar-refractivity contribution in [2.24, 2.45) is 28.1 Å². The minimum atomic E-state index is -1.37. The fourth-order valence-electron chi connectivity index (χ4n) is 2.36. The van der Waals surface area contributed by atoms with Crippen LogP contribution in [0, 0.1) is 5.92 Å². The van der Waals surface area contributed by atoms with Crippen LogP contribution in [0.15, 0.2) is 4.99 Å². The van der Waals surface area contributed by atoms with E-state index in [1.807, 2.05) is 0 Å². The molecule has 0 aliphatic heterocycles. The number of carboxylic acid groups (broad SMARTS) is 1. The van der Waals surface area contributed by atoms with Gasteiger partial charge in [0.2, 0.25) is 17.7 Å². The highest BCUT2D eigenvalue weighted by atomic mass is 32.1. The maximum atomic E-state index is 12.4. The van der Waals surface area contributed by atoms with Crippen LogP contribution in [0.25, 0.3) is 0 Å². The van der Waals surface area contributed by atoms with Gasteiger partial charge in [0.1, 0.15) is 18.1 Å². The van der Waals surface area contributed by atoms with Crippen LogP contribution in [0.1, 0.15) is 26.7 Å². The van der Waals surface area contributed by atoms with Gasteiger partial charge in [-0.2, -0.15) is 12.6 Å². The zero-order valence-electron chi connectivity index (χ0n) is 17.6. The molecule has 0 saturated heterocycles.